The standard InChI is InChI=1S/C16H15NO5/c1-19-13-5-3-2-4-12(13)17-16(18)20-9-11-6-7-14-15(8-11)22-10-21-14/h2-8H,9-10H2,1H3,(H,17,18). The predicted octanol–water partition coefficient (Wildman–Crippen LogP) is 3.17. The number of rotatable bonds is 4. The smallest absolute Gasteiger partial charge is 0.412 e. The van der Waals surface area contributed by atoms with Crippen molar-refractivity contribution in [3.8, 4) is 17.2 Å². The number of carbonyl (C=O) groups excluding carboxylic acids is 1. The lowest BCUT2D eigenvalue weighted by molar-refractivity contribution is 0.154. The summed E-state index contributed by atoms with van der Waals surface area (Å²) in [6.45, 7) is 0.353. The van der Waals surface area contributed by atoms with Gasteiger partial charge in [0.2, 0.25) is 6.79 Å². The molecular weight excluding hydrogens is 286 g/mol. The molecule has 2 aromatic rings. The Hall–Kier alpha value is -2.89. The van der Waals surface area contributed by atoms with Gasteiger partial charge >= 0.3 is 6.09 Å². The number of nitrogens with one attached hydrogen (secondary N) is 1. The number of hydrogen-bond acceptors (Lipinski definition) is 5. The maximum Gasteiger partial charge on any atom is 0.412 e. The molecule has 1 aliphatic rings. The van der Waals surface area contributed by atoms with Crippen molar-refractivity contribution in [3.05, 3.63) is 48.0 Å². The molecule has 6 heteroatoms. The molecule has 0 atom stereocenters. The Morgan fingerprint density at radius 1 is 1.18 bits per heavy atom. The van der Waals surface area contributed by atoms with E-state index in [0.717, 1.165) is 5.56 Å². The highest BCUT2D eigenvalue weighted by molar-refractivity contribution is 5.86. The Morgan fingerprint density at radius 2 is 2.00 bits per heavy atom. The van der Waals surface area contributed by atoms with Crippen LogP contribution in [-0.2, 0) is 11.3 Å². The van der Waals surface area contributed by atoms with Crippen molar-refractivity contribution in [1.82, 2.24) is 0 Å². The molecule has 0 aliphatic carbocycles. The van der Waals surface area contributed by atoms with Crippen molar-refractivity contribution in [2.45, 2.75) is 6.61 Å². The van der Waals surface area contributed by atoms with Gasteiger partial charge in [-0.1, -0.05) is 18.2 Å². The number of anilines is 1. The summed E-state index contributed by atoms with van der Waals surface area (Å²) in [5.41, 5.74) is 1.38. The van der Waals surface area contributed by atoms with E-state index in [1.165, 1.54) is 0 Å². The minimum Gasteiger partial charge on any atom is -0.495 e. The summed E-state index contributed by atoms with van der Waals surface area (Å²) in [6.07, 6.45) is -0.554. The highest BCUT2D eigenvalue weighted by atomic mass is 16.7. The van der Waals surface area contributed by atoms with E-state index in [4.69, 9.17) is 18.9 Å². The molecule has 0 bridgehead atoms. The summed E-state index contributed by atoms with van der Waals surface area (Å²) in [6, 6.07) is 12.5. The van der Waals surface area contributed by atoms with Gasteiger partial charge in [0.25, 0.3) is 0 Å². The molecule has 114 valence electrons. The first kappa shape index (κ1) is 14.1. The van der Waals surface area contributed by atoms with Gasteiger partial charge in [0, 0.05) is 0 Å². The lowest BCUT2D eigenvalue weighted by atomic mass is 10.2. The van der Waals surface area contributed by atoms with Crippen LogP contribution in [0.1, 0.15) is 5.56 Å². The second kappa shape index (κ2) is 6.26. The first-order valence-corrected chi connectivity index (χ1v) is 6.71. The summed E-state index contributed by atoms with van der Waals surface area (Å²) in [5.74, 6) is 1.93. The van der Waals surface area contributed by atoms with Gasteiger partial charge < -0.3 is 18.9 Å². The lowest BCUT2D eigenvalue weighted by Crippen LogP contribution is -2.14. The second-order valence-electron chi connectivity index (χ2n) is 4.59. The van der Waals surface area contributed by atoms with Crippen molar-refractivity contribution in [1.29, 1.82) is 0 Å². The number of hydrogen-bond donors (Lipinski definition) is 1. The molecule has 0 saturated carbocycles. The Labute approximate surface area is 127 Å². The molecule has 0 radical (unpaired) electrons. The first-order valence-electron chi connectivity index (χ1n) is 6.71. The van der Waals surface area contributed by atoms with Crippen molar-refractivity contribution in [2.75, 3.05) is 19.2 Å². The monoisotopic (exact) mass is 301 g/mol. The second-order valence-corrected chi connectivity index (χ2v) is 4.59. The zero-order valence-corrected chi connectivity index (χ0v) is 12.0. The van der Waals surface area contributed by atoms with E-state index >= 15 is 0 Å². The van der Waals surface area contributed by atoms with Gasteiger partial charge in [-0.25, -0.2) is 4.79 Å². The average molecular weight is 301 g/mol. The zero-order chi connectivity index (χ0) is 15.4. The Kier molecular flexibility index (Phi) is 4.00. The van der Waals surface area contributed by atoms with Crippen LogP contribution in [-0.4, -0.2) is 20.0 Å². The molecule has 0 fully saturated rings. The molecule has 0 saturated heterocycles. The molecule has 1 heterocycles. The quantitative estimate of drug-likeness (QED) is 0.939. The van der Waals surface area contributed by atoms with E-state index in [2.05, 4.69) is 5.32 Å². The van der Waals surface area contributed by atoms with Crippen molar-refractivity contribution < 1.29 is 23.7 Å². The first-order chi connectivity index (χ1) is 10.8. The van der Waals surface area contributed by atoms with Gasteiger partial charge in [-0.15, -0.1) is 0 Å². The average Bonchev–Trinajstić information content (AvgIpc) is 3.01. The third-order valence-corrected chi connectivity index (χ3v) is 3.15. The summed E-state index contributed by atoms with van der Waals surface area (Å²) in [4.78, 5) is 11.8. The molecule has 22 heavy (non-hydrogen) atoms. The summed E-state index contributed by atoms with van der Waals surface area (Å²) < 4.78 is 20.9. The van der Waals surface area contributed by atoms with Crippen molar-refractivity contribution in [2.24, 2.45) is 0 Å². The van der Waals surface area contributed by atoms with Crippen LogP contribution < -0.4 is 19.5 Å². The third-order valence-electron chi connectivity index (χ3n) is 3.15. The fourth-order valence-corrected chi connectivity index (χ4v) is 2.07. The largest absolute Gasteiger partial charge is 0.495 e. The molecule has 2 aromatic carbocycles. The van der Waals surface area contributed by atoms with E-state index in [1.54, 1.807) is 37.4 Å². The maximum atomic E-state index is 11.8. The van der Waals surface area contributed by atoms with E-state index in [9.17, 15) is 4.79 Å². The van der Waals surface area contributed by atoms with Crippen molar-refractivity contribution >= 4 is 11.8 Å². The van der Waals surface area contributed by atoms with Gasteiger partial charge in [0.15, 0.2) is 11.5 Å². The Bertz CT molecular complexity index is 686. The molecule has 6 nitrogen and oxygen atoms in total. The van der Waals surface area contributed by atoms with Crippen LogP contribution in [0, 0.1) is 0 Å². The third kappa shape index (κ3) is 3.06. The molecule has 0 aromatic heterocycles. The van der Waals surface area contributed by atoms with Gasteiger partial charge in [-0.3, -0.25) is 5.32 Å². The molecule has 1 aliphatic heterocycles. The number of benzene rings is 2. The fraction of sp³-hybridized carbons (Fsp3) is 0.188. The normalized spacial score (nSPS) is 11.9. The van der Waals surface area contributed by atoms with E-state index in [1.807, 2.05) is 12.1 Å². The van der Waals surface area contributed by atoms with Crippen LogP contribution >= 0.6 is 0 Å². The van der Waals surface area contributed by atoms with E-state index < -0.39 is 6.09 Å². The van der Waals surface area contributed by atoms with E-state index in [0.29, 0.717) is 22.9 Å². The summed E-state index contributed by atoms with van der Waals surface area (Å²) >= 11 is 0. The number of amides is 1. The van der Waals surface area contributed by atoms with Crippen LogP contribution in [0.25, 0.3) is 0 Å². The molecule has 0 unspecified atom stereocenters. The Morgan fingerprint density at radius 3 is 2.86 bits per heavy atom. The van der Waals surface area contributed by atoms with Crippen LogP contribution in [0.5, 0.6) is 17.2 Å². The molecule has 3 rings (SSSR count). The van der Waals surface area contributed by atoms with Crippen LogP contribution in [0.4, 0.5) is 10.5 Å². The Balaban J connectivity index is 1.58. The zero-order valence-electron chi connectivity index (χ0n) is 12.0. The van der Waals surface area contributed by atoms with E-state index in [-0.39, 0.29) is 13.4 Å². The topological polar surface area (TPSA) is 66.0 Å². The number of ether oxygens (including phenoxy) is 4. The summed E-state index contributed by atoms with van der Waals surface area (Å²) in [7, 11) is 1.54. The van der Waals surface area contributed by atoms with Crippen LogP contribution in [0.3, 0.4) is 0 Å². The minimum absolute atomic E-state index is 0.137. The van der Waals surface area contributed by atoms with Crippen molar-refractivity contribution in [3.63, 3.8) is 0 Å². The SMILES string of the molecule is COc1ccccc1NC(=O)OCc1ccc2c(c1)OCO2. The fourth-order valence-electron chi connectivity index (χ4n) is 2.07. The molecular formula is C16H15NO5. The maximum absolute atomic E-state index is 11.8. The van der Waals surface area contributed by atoms with Crippen LogP contribution in [0.2, 0.25) is 0 Å². The highest BCUT2D eigenvalue weighted by Gasteiger charge is 2.14. The molecule has 1 amide bonds. The lowest BCUT2D eigenvalue weighted by Gasteiger charge is -2.10. The number of fused-ring (bicyclic) bond motifs is 1. The molecule has 1 N–H and O–H groups in total. The van der Waals surface area contributed by atoms with Gasteiger partial charge in [0.05, 0.1) is 12.8 Å². The minimum atomic E-state index is -0.554. The molecule has 0 spiro atoms. The number of para-hydroxylation sites is 2. The highest BCUT2D eigenvalue weighted by Crippen LogP contribution is 2.32. The van der Waals surface area contributed by atoms with Crippen LogP contribution in [0.15, 0.2) is 42.5 Å². The predicted molar refractivity (Wildman–Crippen MR) is 79.4 cm³/mol. The van der Waals surface area contributed by atoms with Gasteiger partial charge in [0.1, 0.15) is 12.4 Å². The number of carbonyl (C=O) groups is 1. The van der Waals surface area contributed by atoms with Gasteiger partial charge in [-0.2, -0.15) is 0 Å². The number of methoxy groups -OCH3 is 1. The van der Waals surface area contributed by atoms with Gasteiger partial charge in [-0.05, 0) is 29.8 Å². The summed E-state index contributed by atoms with van der Waals surface area (Å²) in [5, 5.41) is 2.64.